The molecule has 0 aromatic heterocycles. The Kier molecular flexibility index (Phi) is 1.66. The fraction of sp³-hybridized carbons (Fsp3) is 0.625. The molecule has 0 aromatic rings. The molecule has 62 valence electrons. The van der Waals surface area contributed by atoms with Gasteiger partial charge in [-0.1, -0.05) is 20.8 Å². The van der Waals surface area contributed by atoms with E-state index in [9.17, 15) is 9.90 Å². The first-order valence-corrected chi connectivity index (χ1v) is 3.52. The predicted molar refractivity (Wildman–Crippen MR) is 40.0 cm³/mol. The Hall–Kier alpha value is -0.990. The SMILES string of the molecule is CC(C)(C)C1OC(=O)C=C1O. The quantitative estimate of drug-likeness (QED) is 0.539. The second kappa shape index (κ2) is 2.26. The van der Waals surface area contributed by atoms with Crippen LogP contribution >= 0.6 is 0 Å². The smallest absolute Gasteiger partial charge is 0.335 e. The molecule has 0 saturated carbocycles. The number of ether oxygens (including phenoxy) is 1. The van der Waals surface area contributed by atoms with Crippen LogP contribution in [0.3, 0.4) is 0 Å². The number of hydrogen-bond donors (Lipinski definition) is 1. The van der Waals surface area contributed by atoms with Gasteiger partial charge >= 0.3 is 5.97 Å². The summed E-state index contributed by atoms with van der Waals surface area (Å²) < 4.78 is 4.86. The van der Waals surface area contributed by atoms with Crippen molar-refractivity contribution in [1.82, 2.24) is 0 Å². The molecule has 0 aromatic carbocycles. The van der Waals surface area contributed by atoms with Crippen LogP contribution in [0.5, 0.6) is 0 Å². The zero-order chi connectivity index (χ0) is 8.65. The summed E-state index contributed by atoms with van der Waals surface area (Å²) in [4.78, 5) is 10.7. The van der Waals surface area contributed by atoms with Crippen molar-refractivity contribution in [2.24, 2.45) is 5.41 Å². The highest BCUT2D eigenvalue weighted by atomic mass is 16.6. The molecule has 0 saturated heterocycles. The maximum absolute atomic E-state index is 10.7. The van der Waals surface area contributed by atoms with Crippen LogP contribution in [0.2, 0.25) is 0 Å². The maximum atomic E-state index is 10.7. The number of aliphatic hydroxyl groups is 1. The summed E-state index contributed by atoms with van der Waals surface area (Å²) in [6, 6.07) is 0. The normalized spacial score (nSPS) is 24.8. The van der Waals surface area contributed by atoms with Gasteiger partial charge in [-0.15, -0.1) is 0 Å². The number of hydrogen-bond acceptors (Lipinski definition) is 3. The van der Waals surface area contributed by atoms with Crippen LogP contribution in [0, 0.1) is 5.41 Å². The number of rotatable bonds is 0. The van der Waals surface area contributed by atoms with Crippen molar-refractivity contribution >= 4 is 5.97 Å². The summed E-state index contributed by atoms with van der Waals surface area (Å²) >= 11 is 0. The van der Waals surface area contributed by atoms with Crippen molar-refractivity contribution in [3.63, 3.8) is 0 Å². The fourth-order valence-corrected chi connectivity index (χ4v) is 1.03. The van der Waals surface area contributed by atoms with Crippen LogP contribution in [-0.4, -0.2) is 17.2 Å². The van der Waals surface area contributed by atoms with Gasteiger partial charge in [0, 0.05) is 5.41 Å². The molecule has 0 aliphatic carbocycles. The average Bonchev–Trinajstić information content (AvgIpc) is 2.08. The minimum absolute atomic E-state index is 0.0301. The lowest BCUT2D eigenvalue weighted by molar-refractivity contribution is -0.143. The molecule has 1 aliphatic rings. The lowest BCUT2D eigenvalue weighted by Crippen LogP contribution is -2.28. The lowest BCUT2D eigenvalue weighted by Gasteiger charge is -2.25. The van der Waals surface area contributed by atoms with Crippen LogP contribution in [0.15, 0.2) is 11.8 Å². The Labute approximate surface area is 65.7 Å². The molecule has 0 fully saturated rings. The van der Waals surface area contributed by atoms with Gasteiger partial charge in [0.25, 0.3) is 0 Å². The molecule has 1 aliphatic heterocycles. The topological polar surface area (TPSA) is 46.5 Å². The number of aliphatic hydroxyl groups excluding tert-OH is 1. The first-order valence-electron chi connectivity index (χ1n) is 3.52. The Morgan fingerprint density at radius 2 is 2.09 bits per heavy atom. The maximum Gasteiger partial charge on any atom is 0.335 e. The van der Waals surface area contributed by atoms with Crippen molar-refractivity contribution in [3.05, 3.63) is 11.8 Å². The van der Waals surface area contributed by atoms with E-state index in [1.807, 2.05) is 20.8 Å². The third-order valence-electron chi connectivity index (χ3n) is 1.55. The third-order valence-corrected chi connectivity index (χ3v) is 1.55. The molecule has 1 N–H and O–H groups in total. The molecular formula is C8H12O3. The van der Waals surface area contributed by atoms with Crippen LogP contribution in [0.1, 0.15) is 20.8 Å². The monoisotopic (exact) mass is 156 g/mol. The van der Waals surface area contributed by atoms with Crippen LogP contribution in [0.4, 0.5) is 0 Å². The van der Waals surface area contributed by atoms with Crippen molar-refractivity contribution in [3.8, 4) is 0 Å². The molecule has 11 heavy (non-hydrogen) atoms. The minimum Gasteiger partial charge on any atom is -0.508 e. The van der Waals surface area contributed by atoms with Crippen molar-refractivity contribution in [2.75, 3.05) is 0 Å². The Balaban J connectivity index is 2.80. The number of esters is 1. The van der Waals surface area contributed by atoms with Gasteiger partial charge in [0.05, 0.1) is 6.08 Å². The molecule has 1 rings (SSSR count). The van der Waals surface area contributed by atoms with Crippen molar-refractivity contribution in [1.29, 1.82) is 0 Å². The highest BCUT2D eigenvalue weighted by molar-refractivity contribution is 5.85. The molecule has 1 atom stereocenters. The zero-order valence-corrected chi connectivity index (χ0v) is 6.92. The van der Waals surface area contributed by atoms with Crippen LogP contribution < -0.4 is 0 Å². The first-order chi connectivity index (χ1) is 4.91. The van der Waals surface area contributed by atoms with E-state index in [1.54, 1.807) is 0 Å². The Morgan fingerprint density at radius 1 is 1.55 bits per heavy atom. The van der Waals surface area contributed by atoms with Gasteiger partial charge < -0.3 is 9.84 Å². The molecule has 1 unspecified atom stereocenters. The van der Waals surface area contributed by atoms with Gasteiger partial charge in [0.15, 0.2) is 6.10 Å². The fourth-order valence-electron chi connectivity index (χ4n) is 1.03. The molecule has 0 amide bonds. The van der Waals surface area contributed by atoms with Crippen molar-refractivity contribution < 1.29 is 14.6 Å². The molecule has 0 bridgehead atoms. The van der Waals surface area contributed by atoms with Gasteiger partial charge in [-0.25, -0.2) is 4.79 Å². The van der Waals surface area contributed by atoms with E-state index in [4.69, 9.17) is 4.74 Å². The van der Waals surface area contributed by atoms with Crippen LogP contribution in [-0.2, 0) is 9.53 Å². The van der Waals surface area contributed by atoms with E-state index in [0.717, 1.165) is 6.08 Å². The van der Waals surface area contributed by atoms with Gasteiger partial charge in [-0.3, -0.25) is 0 Å². The number of carbonyl (C=O) groups is 1. The summed E-state index contributed by atoms with van der Waals surface area (Å²) in [6.07, 6.45) is 0.644. The molecule has 0 spiro atoms. The highest BCUT2D eigenvalue weighted by Gasteiger charge is 2.36. The Morgan fingerprint density at radius 3 is 2.27 bits per heavy atom. The minimum atomic E-state index is -0.477. The predicted octanol–water partition coefficient (Wildman–Crippen LogP) is 1.40. The standard InChI is InChI=1S/C8H12O3/c1-8(2,3)7-5(9)4-6(10)11-7/h4,7,9H,1-3H3. The second-order valence-electron chi connectivity index (χ2n) is 3.75. The number of cyclic esters (lactones) is 1. The first kappa shape index (κ1) is 8.11. The Bertz CT molecular complexity index is 210. The van der Waals surface area contributed by atoms with E-state index in [0.29, 0.717) is 0 Å². The summed E-state index contributed by atoms with van der Waals surface area (Å²) in [7, 11) is 0. The van der Waals surface area contributed by atoms with E-state index in [1.165, 1.54) is 0 Å². The van der Waals surface area contributed by atoms with E-state index >= 15 is 0 Å². The van der Waals surface area contributed by atoms with Gasteiger partial charge in [-0.05, 0) is 0 Å². The van der Waals surface area contributed by atoms with Gasteiger partial charge in [0.2, 0.25) is 0 Å². The van der Waals surface area contributed by atoms with E-state index in [2.05, 4.69) is 0 Å². The van der Waals surface area contributed by atoms with Crippen molar-refractivity contribution in [2.45, 2.75) is 26.9 Å². The summed E-state index contributed by atoms with van der Waals surface area (Å²) in [5, 5.41) is 9.21. The molecule has 3 heteroatoms. The average molecular weight is 156 g/mol. The molecule has 1 heterocycles. The molecule has 0 radical (unpaired) electrons. The summed E-state index contributed by atoms with van der Waals surface area (Å²) in [5.74, 6) is -0.426. The molecule has 3 nitrogen and oxygen atoms in total. The van der Waals surface area contributed by atoms with Gasteiger partial charge in [-0.2, -0.15) is 0 Å². The lowest BCUT2D eigenvalue weighted by atomic mass is 9.88. The van der Waals surface area contributed by atoms with Crippen LogP contribution in [0.25, 0.3) is 0 Å². The highest BCUT2D eigenvalue weighted by Crippen LogP contribution is 2.30. The second-order valence-corrected chi connectivity index (χ2v) is 3.75. The zero-order valence-electron chi connectivity index (χ0n) is 6.92. The summed E-state index contributed by atoms with van der Waals surface area (Å²) in [6.45, 7) is 5.71. The third kappa shape index (κ3) is 1.53. The largest absolute Gasteiger partial charge is 0.508 e. The molecular weight excluding hydrogens is 144 g/mol. The van der Waals surface area contributed by atoms with E-state index in [-0.39, 0.29) is 11.2 Å². The van der Waals surface area contributed by atoms with E-state index < -0.39 is 12.1 Å². The summed E-state index contributed by atoms with van der Waals surface area (Å²) in [5.41, 5.74) is -0.229. The number of carbonyl (C=O) groups excluding carboxylic acids is 1. The van der Waals surface area contributed by atoms with Gasteiger partial charge in [0.1, 0.15) is 5.76 Å².